The number of amides is 1. The lowest BCUT2D eigenvalue weighted by atomic mass is 10.2. The summed E-state index contributed by atoms with van der Waals surface area (Å²) in [5.41, 5.74) is 2.25. The van der Waals surface area contributed by atoms with Crippen molar-refractivity contribution in [1.82, 2.24) is 14.9 Å². The first-order valence-electron chi connectivity index (χ1n) is 8.91. The van der Waals surface area contributed by atoms with Gasteiger partial charge in [0.2, 0.25) is 5.88 Å². The molecule has 0 fully saturated rings. The SMILES string of the molecule is COc1ccccc1CN(C)C(=O)COc1ncnc2sc3c(c12)CCC3. The summed E-state index contributed by atoms with van der Waals surface area (Å²) >= 11 is 1.71. The van der Waals surface area contributed by atoms with Gasteiger partial charge in [0.25, 0.3) is 5.91 Å². The third-order valence-electron chi connectivity index (χ3n) is 4.82. The van der Waals surface area contributed by atoms with Gasteiger partial charge in [-0.25, -0.2) is 9.97 Å². The highest BCUT2D eigenvalue weighted by Crippen LogP contribution is 2.39. The number of methoxy groups -OCH3 is 1. The average Bonchev–Trinajstić information content (AvgIpc) is 3.27. The van der Waals surface area contributed by atoms with E-state index in [0.29, 0.717) is 12.4 Å². The Labute approximate surface area is 161 Å². The van der Waals surface area contributed by atoms with Crippen molar-refractivity contribution >= 4 is 27.5 Å². The summed E-state index contributed by atoms with van der Waals surface area (Å²) in [5.74, 6) is 1.17. The highest BCUT2D eigenvalue weighted by molar-refractivity contribution is 7.18. The minimum atomic E-state index is -0.112. The van der Waals surface area contributed by atoms with Crippen molar-refractivity contribution in [3.8, 4) is 11.6 Å². The number of para-hydroxylation sites is 1. The zero-order valence-corrected chi connectivity index (χ0v) is 16.2. The monoisotopic (exact) mass is 383 g/mol. The molecule has 3 aromatic rings. The topological polar surface area (TPSA) is 64.5 Å². The molecule has 2 heterocycles. The summed E-state index contributed by atoms with van der Waals surface area (Å²) in [6, 6.07) is 7.68. The molecule has 0 saturated heterocycles. The van der Waals surface area contributed by atoms with Crippen LogP contribution in [0, 0.1) is 0 Å². The van der Waals surface area contributed by atoms with Crippen molar-refractivity contribution in [3.63, 3.8) is 0 Å². The predicted octanol–water partition coefficient (Wildman–Crippen LogP) is 3.23. The molecule has 0 unspecified atom stereocenters. The Morgan fingerprint density at radius 1 is 1.26 bits per heavy atom. The third-order valence-corrected chi connectivity index (χ3v) is 6.02. The number of rotatable bonds is 6. The molecule has 1 aliphatic rings. The minimum absolute atomic E-state index is 0.0532. The second kappa shape index (κ2) is 7.52. The van der Waals surface area contributed by atoms with E-state index in [9.17, 15) is 4.79 Å². The third kappa shape index (κ3) is 3.47. The van der Waals surface area contributed by atoms with Crippen LogP contribution < -0.4 is 9.47 Å². The lowest BCUT2D eigenvalue weighted by molar-refractivity contribution is -0.132. The number of likely N-dealkylation sites (N-methyl/N-ethyl adjacent to an activating group) is 1. The summed E-state index contributed by atoms with van der Waals surface area (Å²) < 4.78 is 11.2. The van der Waals surface area contributed by atoms with Crippen molar-refractivity contribution in [2.75, 3.05) is 20.8 Å². The molecule has 1 amide bonds. The Bertz CT molecular complexity index is 986. The van der Waals surface area contributed by atoms with E-state index in [4.69, 9.17) is 9.47 Å². The lowest BCUT2D eigenvalue weighted by Crippen LogP contribution is -2.31. The fraction of sp³-hybridized carbons (Fsp3) is 0.350. The van der Waals surface area contributed by atoms with E-state index in [1.54, 1.807) is 30.4 Å². The molecule has 4 rings (SSSR count). The molecule has 1 aromatic carbocycles. The molecule has 7 heteroatoms. The zero-order chi connectivity index (χ0) is 18.8. The van der Waals surface area contributed by atoms with Crippen LogP contribution in [0.2, 0.25) is 0 Å². The number of carbonyl (C=O) groups is 1. The van der Waals surface area contributed by atoms with E-state index in [-0.39, 0.29) is 12.5 Å². The summed E-state index contributed by atoms with van der Waals surface area (Å²) in [6.07, 6.45) is 4.79. The van der Waals surface area contributed by atoms with Crippen LogP contribution in [0.15, 0.2) is 30.6 Å². The Morgan fingerprint density at radius 3 is 2.96 bits per heavy atom. The molecule has 6 nitrogen and oxygen atoms in total. The molecule has 1 aliphatic carbocycles. The van der Waals surface area contributed by atoms with Crippen LogP contribution in [0.25, 0.3) is 10.2 Å². The van der Waals surface area contributed by atoms with Crippen molar-refractivity contribution < 1.29 is 14.3 Å². The standard InChI is InChI=1S/C20H21N3O3S/c1-23(10-13-6-3-4-8-15(13)25-2)17(24)11-26-19-18-14-7-5-9-16(14)27-20(18)22-12-21-19/h3-4,6,8,12H,5,7,9-11H2,1-2H3. The van der Waals surface area contributed by atoms with Gasteiger partial charge in [-0.15, -0.1) is 11.3 Å². The first kappa shape index (κ1) is 17.7. The second-order valence-electron chi connectivity index (χ2n) is 6.57. The number of aromatic nitrogens is 2. The molecule has 0 saturated carbocycles. The number of carbonyl (C=O) groups excluding carboxylic acids is 1. The Hall–Kier alpha value is -2.67. The summed E-state index contributed by atoms with van der Waals surface area (Å²) in [4.78, 5) is 25.1. The largest absolute Gasteiger partial charge is 0.496 e. The van der Waals surface area contributed by atoms with Crippen molar-refractivity contribution in [2.45, 2.75) is 25.8 Å². The highest BCUT2D eigenvalue weighted by atomic mass is 32.1. The Balaban J connectivity index is 1.46. The van der Waals surface area contributed by atoms with Gasteiger partial charge in [-0.2, -0.15) is 0 Å². The van der Waals surface area contributed by atoms with Gasteiger partial charge in [-0.1, -0.05) is 18.2 Å². The van der Waals surface area contributed by atoms with Gasteiger partial charge < -0.3 is 14.4 Å². The van der Waals surface area contributed by atoms with E-state index in [1.165, 1.54) is 16.8 Å². The van der Waals surface area contributed by atoms with Gasteiger partial charge in [0, 0.05) is 24.0 Å². The van der Waals surface area contributed by atoms with Crippen LogP contribution in [0.4, 0.5) is 0 Å². The molecule has 0 bridgehead atoms. The van der Waals surface area contributed by atoms with Crippen LogP contribution in [-0.4, -0.2) is 41.5 Å². The normalized spacial score (nSPS) is 12.8. The molecule has 0 aliphatic heterocycles. The number of hydrogen-bond donors (Lipinski definition) is 0. The molecule has 0 radical (unpaired) electrons. The number of fused-ring (bicyclic) bond motifs is 3. The quantitative estimate of drug-likeness (QED) is 0.654. The van der Waals surface area contributed by atoms with Crippen LogP contribution in [-0.2, 0) is 24.2 Å². The van der Waals surface area contributed by atoms with Crippen molar-refractivity contribution in [2.24, 2.45) is 0 Å². The molecular formula is C20H21N3O3S. The van der Waals surface area contributed by atoms with E-state index >= 15 is 0 Å². The zero-order valence-electron chi connectivity index (χ0n) is 15.4. The van der Waals surface area contributed by atoms with E-state index < -0.39 is 0 Å². The Morgan fingerprint density at radius 2 is 2.11 bits per heavy atom. The molecule has 140 valence electrons. The molecule has 27 heavy (non-hydrogen) atoms. The van der Waals surface area contributed by atoms with Crippen molar-refractivity contribution in [1.29, 1.82) is 0 Å². The molecular weight excluding hydrogens is 362 g/mol. The summed E-state index contributed by atoms with van der Waals surface area (Å²) in [7, 11) is 3.39. The van der Waals surface area contributed by atoms with E-state index in [1.807, 2.05) is 24.3 Å². The van der Waals surface area contributed by atoms with Gasteiger partial charge in [0.1, 0.15) is 16.9 Å². The first-order chi connectivity index (χ1) is 13.2. The Kier molecular flexibility index (Phi) is 4.94. The van der Waals surface area contributed by atoms with Crippen LogP contribution >= 0.6 is 11.3 Å². The van der Waals surface area contributed by atoms with Gasteiger partial charge in [-0.05, 0) is 30.9 Å². The maximum absolute atomic E-state index is 12.5. The van der Waals surface area contributed by atoms with Gasteiger partial charge in [0.05, 0.1) is 12.5 Å². The number of ether oxygens (including phenoxy) is 2. The van der Waals surface area contributed by atoms with Gasteiger partial charge >= 0.3 is 0 Å². The first-order valence-corrected chi connectivity index (χ1v) is 9.73. The summed E-state index contributed by atoms with van der Waals surface area (Å²) in [6.45, 7) is 0.404. The molecule has 0 N–H and O–H groups in total. The number of aryl methyl sites for hydroxylation is 2. The second-order valence-corrected chi connectivity index (χ2v) is 7.65. The molecule has 0 spiro atoms. The number of hydrogen-bond acceptors (Lipinski definition) is 6. The number of thiophene rings is 1. The average molecular weight is 383 g/mol. The van der Waals surface area contributed by atoms with Crippen LogP contribution in [0.5, 0.6) is 11.6 Å². The minimum Gasteiger partial charge on any atom is -0.496 e. The van der Waals surface area contributed by atoms with Crippen molar-refractivity contribution in [3.05, 3.63) is 46.6 Å². The smallest absolute Gasteiger partial charge is 0.260 e. The van der Waals surface area contributed by atoms with E-state index in [2.05, 4.69) is 9.97 Å². The molecule has 2 aromatic heterocycles. The summed E-state index contributed by atoms with van der Waals surface area (Å²) in [5, 5.41) is 0.982. The van der Waals surface area contributed by atoms with Crippen LogP contribution in [0.1, 0.15) is 22.4 Å². The van der Waals surface area contributed by atoms with Crippen LogP contribution in [0.3, 0.4) is 0 Å². The molecule has 0 atom stereocenters. The highest BCUT2D eigenvalue weighted by Gasteiger charge is 2.22. The number of benzene rings is 1. The maximum atomic E-state index is 12.5. The fourth-order valence-corrected chi connectivity index (χ4v) is 4.65. The maximum Gasteiger partial charge on any atom is 0.260 e. The number of nitrogens with zero attached hydrogens (tertiary/aromatic N) is 3. The predicted molar refractivity (Wildman–Crippen MR) is 104 cm³/mol. The van der Waals surface area contributed by atoms with Gasteiger partial charge in [-0.3, -0.25) is 4.79 Å². The van der Waals surface area contributed by atoms with Gasteiger partial charge in [0.15, 0.2) is 6.61 Å². The lowest BCUT2D eigenvalue weighted by Gasteiger charge is -2.19. The fourth-order valence-electron chi connectivity index (χ4n) is 3.43. The van der Waals surface area contributed by atoms with E-state index in [0.717, 1.165) is 40.8 Å².